The highest BCUT2D eigenvalue weighted by atomic mass is 16.5. The third-order valence-corrected chi connectivity index (χ3v) is 6.36. The van der Waals surface area contributed by atoms with Gasteiger partial charge in [-0.25, -0.2) is 0 Å². The van der Waals surface area contributed by atoms with Gasteiger partial charge in [0, 0.05) is 42.5 Å². The highest BCUT2D eigenvalue weighted by Crippen LogP contribution is 2.33. The highest BCUT2D eigenvalue weighted by Gasteiger charge is 2.22. The van der Waals surface area contributed by atoms with Crippen LogP contribution in [0.3, 0.4) is 0 Å². The Morgan fingerprint density at radius 2 is 1.89 bits per heavy atom. The number of nitrogens with one attached hydrogen (secondary N) is 1. The van der Waals surface area contributed by atoms with Gasteiger partial charge in [-0.15, -0.1) is 0 Å². The van der Waals surface area contributed by atoms with Gasteiger partial charge in [-0.05, 0) is 54.1 Å². The van der Waals surface area contributed by atoms with Crippen molar-refractivity contribution in [2.45, 2.75) is 38.7 Å². The lowest BCUT2D eigenvalue weighted by atomic mass is 9.92. The Hall–Kier alpha value is -4.46. The molecule has 2 aromatic carbocycles. The summed E-state index contributed by atoms with van der Waals surface area (Å²) in [5, 5.41) is 14.5. The number of H-pyrrole nitrogens is 1. The van der Waals surface area contributed by atoms with Gasteiger partial charge >= 0.3 is 5.97 Å². The van der Waals surface area contributed by atoms with E-state index >= 15 is 0 Å². The molecule has 36 heavy (non-hydrogen) atoms. The summed E-state index contributed by atoms with van der Waals surface area (Å²) in [4.78, 5) is 23.7. The minimum absolute atomic E-state index is 0.0865. The zero-order valence-corrected chi connectivity index (χ0v) is 20.0. The van der Waals surface area contributed by atoms with E-state index in [0.717, 1.165) is 39.0 Å². The molecule has 0 saturated heterocycles. The Balaban J connectivity index is 1.45. The van der Waals surface area contributed by atoms with E-state index in [-0.39, 0.29) is 12.5 Å². The van der Waals surface area contributed by atoms with Crippen LogP contribution in [0.1, 0.15) is 52.2 Å². The smallest absolute Gasteiger partial charge is 0.304 e. The number of rotatable bonds is 9. The van der Waals surface area contributed by atoms with E-state index in [2.05, 4.69) is 45.2 Å². The van der Waals surface area contributed by atoms with Crippen LogP contribution in [0.2, 0.25) is 0 Å². The van der Waals surface area contributed by atoms with Crippen molar-refractivity contribution in [2.24, 2.45) is 0 Å². The molecule has 0 spiro atoms. The first-order valence-electron chi connectivity index (χ1n) is 11.7. The summed E-state index contributed by atoms with van der Waals surface area (Å²) in [5.74, 6) is -0.645. The summed E-state index contributed by atoms with van der Waals surface area (Å²) >= 11 is 0. The predicted molar refractivity (Wildman–Crippen MR) is 134 cm³/mol. The number of carboxylic acids is 1. The standard InChI is InChI=1S/C28H26N4O4/c1-17-15-31-21(16-30-17)13-26(23-8-5-20-9-11-29-28(20)18(23)2)36-22-6-3-19(4-7-22)24(14-27(33)34)25-10-12-35-32-25/h3-12,15-16,24,26,29H,13-14H2,1-2H3,(H,33,34)/t24?,26-/m0/s1. The van der Waals surface area contributed by atoms with Gasteiger partial charge in [0.15, 0.2) is 0 Å². The van der Waals surface area contributed by atoms with Gasteiger partial charge < -0.3 is 19.4 Å². The first-order valence-corrected chi connectivity index (χ1v) is 11.7. The number of aromatic nitrogens is 4. The summed E-state index contributed by atoms with van der Waals surface area (Å²) in [6.45, 7) is 4.00. The molecule has 8 heteroatoms. The Labute approximate surface area is 208 Å². The monoisotopic (exact) mass is 482 g/mol. The first-order chi connectivity index (χ1) is 17.5. The van der Waals surface area contributed by atoms with Crippen LogP contribution in [0.5, 0.6) is 5.75 Å². The quantitative estimate of drug-likeness (QED) is 0.284. The molecule has 8 nitrogen and oxygen atoms in total. The number of ether oxygens (including phenoxy) is 1. The summed E-state index contributed by atoms with van der Waals surface area (Å²) in [5.41, 5.74) is 6.35. The van der Waals surface area contributed by atoms with Crippen molar-refractivity contribution in [3.05, 3.63) is 107 Å². The zero-order chi connectivity index (χ0) is 25.1. The second kappa shape index (κ2) is 10.0. The number of aliphatic carboxylic acids is 1. The maximum absolute atomic E-state index is 11.5. The fourth-order valence-corrected chi connectivity index (χ4v) is 4.48. The molecule has 0 aliphatic rings. The second-order valence-corrected chi connectivity index (χ2v) is 8.83. The van der Waals surface area contributed by atoms with Crippen molar-refractivity contribution in [3.8, 4) is 5.75 Å². The molecular weight excluding hydrogens is 456 g/mol. The molecule has 182 valence electrons. The molecule has 0 aliphatic carbocycles. The number of hydrogen-bond acceptors (Lipinski definition) is 6. The lowest BCUT2D eigenvalue weighted by Gasteiger charge is -2.22. The maximum Gasteiger partial charge on any atom is 0.304 e. The number of aryl methyl sites for hydroxylation is 2. The van der Waals surface area contributed by atoms with Crippen LogP contribution in [0, 0.1) is 13.8 Å². The summed E-state index contributed by atoms with van der Waals surface area (Å²) in [6.07, 6.45) is 7.08. The number of hydrogen-bond donors (Lipinski definition) is 2. The second-order valence-electron chi connectivity index (χ2n) is 8.83. The minimum Gasteiger partial charge on any atom is -0.485 e. The van der Waals surface area contributed by atoms with Crippen LogP contribution in [0.25, 0.3) is 10.9 Å². The van der Waals surface area contributed by atoms with E-state index in [4.69, 9.17) is 9.26 Å². The molecule has 3 aromatic heterocycles. The molecule has 3 heterocycles. The van der Waals surface area contributed by atoms with Crippen LogP contribution in [0.15, 0.2) is 77.9 Å². The molecule has 0 radical (unpaired) electrons. The topological polar surface area (TPSA) is 114 Å². The summed E-state index contributed by atoms with van der Waals surface area (Å²) < 4.78 is 11.5. The lowest BCUT2D eigenvalue weighted by Crippen LogP contribution is -2.14. The van der Waals surface area contributed by atoms with Crippen molar-refractivity contribution in [1.29, 1.82) is 0 Å². The SMILES string of the molecule is Cc1cnc(C[C@H](Oc2ccc(C(CC(=O)O)c3ccon3)cc2)c2ccc3cc[nH]c3c2C)cn1. The zero-order valence-electron chi connectivity index (χ0n) is 20.0. The van der Waals surface area contributed by atoms with Crippen LogP contribution < -0.4 is 4.74 Å². The van der Waals surface area contributed by atoms with Crippen molar-refractivity contribution < 1.29 is 19.2 Å². The summed E-state index contributed by atoms with van der Waals surface area (Å²) in [7, 11) is 0. The van der Waals surface area contributed by atoms with Crippen molar-refractivity contribution in [2.75, 3.05) is 0 Å². The number of carbonyl (C=O) groups is 1. The Morgan fingerprint density at radius 1 is 1.06 bits per heavy atom. The van der Waals surface area contributed by atoms with E-state index in [1.165, 1.54) is 6.26 Å². The van der Waals surface area contributed by atoms with Gasteiger partial charge in [0.25, 0.3) is 0 Å². The van der Waals surface area contributed by atoms with E-state index < -0.39 is 11.9 Å². The van der Waals surface area contributed by atoms with E-state index in [1.54, 1.807) is 18.5 Å². The van der Waals surface area contributed by atoms with Gasteiger partial charge in [-0.1, -0.05) is 29.4 Å². The van der Waals surface area contributed by atoms with Crippen LogP contribution in [-0.4, -0.2) is 31.2 Å². The van der Waals surface area contributed by atoms with Crippen molar-refractivity contribution in [1.82, 2.24) is 20.1 Å². The molecule has 0 aliphatic heterocycles. The average Bonchev–Trinajstić information content (AvgIpc) is 3.57. The molecule has 2 N–H and O–H groups in total. The largest absolute Gasteiger partial charge is 0.485 e. The van der Waals surface area contributed by atoms with Gasteiger partial charge in [-0.2, -0.15) is 0 Å². The molecule has 2 atom stereocenters. The normalized spacial score (nSPS) is 12.9. The van der Waals surface area contributed by atoms with E-state index in [1.807, 2.05) is 37.4 Å². The van der Waals surface area contributed by atoms with Crippen LogP contribution in [0.4, 0.5) is 0 Å². The molecule has 0 saturated carbocycles. The molecule has 5 aromatic rings. The predicted octanol–water partition coefficient (Wildman–Crippen LogP) is 5.53. The molecule has 0 amide bonds. The minimum atomic E-state index is -0.905. The van der Waals surface area contributed by atoms with Crippen molar-refractivity contribution >= 4 is 16.9 Å². The van der Waals surface area contributed by atoms with Crippen molar-refractivity contribution in [3.63, 3.8) is 0 Å². The third kappa shape index (κ3) is 4.98. The summed E-state index contributed by atoms with van der Waals surface area (Å²) in [6, 6.07) is 15.4. The number of nitrogens with zero attached hydrogens (tertiary/aromatic N) is 3. The Morgan fingerprint density at radius 3 is 2.58 bits per heavy atom. The van der Waals surface area contributed by atoms with Crippen LogP contribution >= 0.6 is 0 Å². The van der Waals surface area contributed by atoms with Gasteiger partial charge in [0.05, 0.1) is 23.5 Å². The third-order valence-electron chi connectivity index (χ3n) is 6.36. The number of aromatic amines is 1. The van der Waals surface area contributed by atoms with Gasteiger partial charge in [-0.3, -0.25) is 14.8 Å². The number of carboxylic acid groups (broad SMARTS) is 1. The number of fused-ring (bicyclic) bond motifs is 1. The van der Waals surface area contributed by atoms with Gasteiger partial charge in [0.2, 0.25) is 0 Å². The van der Waals surface area contributed by atoms with Crippen LogP contribution in [-0.2, 0) is 11.2 Å². The number of benzene rings is 2. The van der Waals surface area contributed by atoms with E-state index in [9.17, 15) is 9.90 Å². The average molecular weight is 483 g/mol. The maximum atomic E-state index is 11.5. The molecule has 1 unspecified atom stereocenters. The lowest BCUT2D eigenvalue weighted by molar-refractivity contribution is -0.137. The highest BCUT2D eigenvalue weighted by molar-refractivity contribution is 5.83. The fourth-order valence-electron chi connectivity index (χ4n) is 4.48. The first kappa shape index (κ1) is 23.3. The fraction of sp³-hybridized carbons (Fsp3) is 0.214. The molecule has 5 rings (SSSR count). The molecule has 0 bridgehead atoms. The molecular formula is C28H26N4O4. The Kier molecular flexibility index (Phi) is 6.49. The Bertz CT molecular complexity index is 1460. The van der Waals surface area contributed by atoms with Gasteiger partial charge in [0.1, 0.15) is 18.1 Å². The molecule has 0 fully saturated rings. The van der Waals surface area contributed by atoms with E-state index in [0.29, 0.717) is 17.9 Å².